The Morgan fingerprint density at radius 1 is 1.11 bits per heavy atom. The Hall–Kier alpha value is -1.77. The highest BCUT2D eigenvalue weighted by atomic mass is 16.5. The number of rotatable bonds is 2. The molecule has 0 aliphatic heterocycles. The van der Waals surface area contributed by atoms with E-state index in [1.54, 1.807) is 6.07 Å². The Balaban J connectivity index is 1.88. The van der Waals surface area contributed by atoms with Crippen LogP contribution in [0, 0.1) is 0 Å². The molecular weight excluding hydrogens is 224 g/mol. The van der Waals surface area contributed by atoms with Gasteiger partial charge in [-0.05, 0) is 30.4 Å². The first-order chi connectivity index (χ1) is 8.83. The second-order valence-corrected chi connectivity index (χ2v) is 5.07. The zero-order valence-electron chi connectivity index (χ0n) is 10.4. The zero-order chi connectivity index (χ0) is 12.4. The summed E-state index contributed by atoms with van der Waals surface area (Å²) in [4.78, 5) is 0. The van der Waals surface area contributed by atoms with E-state index in [1.807, 2.05) is 0 Å². The summed E-state index contributed by atoms with van der Waals surface area (Å²) >= 11 is 0. The molecule has 1 saturated carbocycles. The molecule has 0 bridgehead atoms. The van der Waals surface area contributed by atoms with Gasteiger partial charge < -0.3 is 10.3 Å². The quantitative estimate of drug-likeness (QED) is 0.866. The number of hydrogen-bond acceptors (Lipinski definition) is 3. The highest BCUT2D eigenvalue weighted by Gasteiger charge is 2.16. The van der Waals surface area contributed by atoms with Crippen LogP contribution in [0.2, 0.25) is 0 Å². The first-order valence-electron chi connectivity index (χ1n) is 6.65. The third-order valence-corrected chi connectivity index (χ3v) is 3.79. The van der Waals surface area contributed by atoms with Crippen LogP contribution < -0.4 is 5.73 Å². The van der Waals surface area contributed by atoms with Gasteiger partial charge in [0.2, 0.25) is 5.88 Å². The van der Waals surface area contributed by atoms with Crippen LogP contribution >= 0.6 is 0 Å². The summed E-state index contributed by atoms with van der Waals surface area (Å²) in [5.41, 5.74) is 8.91. The summed E-state index contributed by atoms with van der Waals surface area (Å²) in [6.45, 7) is 0. The van der Waals surface area contributed by atoms with Gasteiger partial charge >= 0.3 is 0 Å². The lowest BCUT2D eigenvalue weighted by Crippen LogP contribution is -2.04. The van der Waals surface area contributed by atoms with E-state index in [2.05, 4.69) is 29.4 Å². The number of benzene rings is 1. The van der Waals surface area contributed by atoms with E-state index in [4.69, 9.17) is 10.3 Å². The van der Waals surface area contributed by atoms with Crippen molar-refractivity contribution < 1.29 is 4.52 Å². The smallest absolute Gasteiger partial charge is 0.222 e. The lowest BCUT2D eigenvalue weighted by Gasteiger charge is -2.22. The Bertz CT molecular complexity index is 527. The monoisotopic (exact) mass is 242 g/mol. The molecule has 1 aromatic heterocycles. The normalized spacial score (nSPS) is 16.9. The predicted octanol–water partition coefficient (Wildman–Crippen LogP) is 3.97. The SMILES string of the molecule is Nc1cc(-c2cccc(C3CCCCC3)c2)no1. The summed E-state index contributed by atoms with van der Waals surface area (Å²) in [5.74, 6) is 1.08. The van der Waals surface area contributed by atoms with E-state index in [0.717, 1.165) is 11.3 Å². The summed E-state index contributed by atoms with van der Waals surface area (Å²) in [6, 6.07) is 10.4. The maximum absolute atomic E-state index is 5.57. The minimum absolute atomic E-state index is 0.369. The largest absolute Gasteiger partial charge is 0.368 e. The molecule has 3 heteroatoms. The van der Waals surface area contributed by atoms with E-state index in [9.17, 15) is 0 Å². The second kappa shape index (κ2) is 4.84. The molecule has 2 aromatic rings. The molecule has 0 amide bonds. The average molecular weight is 242 g/mol. The zero-order valence-corrected chi connectivity index (χ0v) is 10.4. The minimum atomic E-state index is 0.369. The fraction of sp³-hybridized carbons (Fsp3) is 0.400. The molecule has 0 spiro atoms. The number of aromatic nitrogens is 1. The van der Waals surface area contributed by atoms with Crippen molar-refractivity contribution in [3.63, 3.8) is 0 Å². The molecule has 94 valence electrons. The summed E-state index contributed by atoms with van der Waals surface area (Å²) in [6.07, 6.45) is 6.71. The standard InChI is InChI=1S/C15H18N2O/c16-15-10-14(17-18-15)13-8-4-7-12(9-13)11-5-2-1-3-6-11/h4,7-11H,1-3,5-6,16H2. The molecule has 0 radical (unpaired) electrons. The van der Waals surface area contributed by atoms with E-state index >= 15 is 0 Å². The average Bonchev–Trinajstić information content (AvgIpc) is 2.87. The summed E-state index contributed by atoms with van der Waals surface area (Å²) < 4.78 is 4.93. The molecule has 3 rings (SSSR count). The molecule has 1 fully saturated rings. The van der Waals surface area contributed by atoms with Gasteiger partial charge in [-0.3, -0.25) is 0 Å². The molecule has 1 heterocycles. The fourth-order valence-electron chi connectivity index (χ4n) is 2.81. The highest BCUT2D eigenvalue weighted by Crippen LogP contribution is 2.34. The first kappa shape index (κ1) is 11.3. The Labute approximate surface area is 107 Å². The lowest BCUT2D eigenvalue weighted by atomic mass is 9.83. The topological polar surface area (TPSA) is 52.0 Å². The van der Waals surface area contributed by atoms with Crippen LogP contribution in [0.3, 0.4) is 0 Å². The van der Waals surface area contributed by atoms with E-state index in [-0.39, 0.29) is 0 Å². The molecule has 0 unspecified atom stereocenters. The summed E-state index contributed by atoms with van der Waals surface area (Å²) in [7, 11) is 0. The van der Waals surface area contributed by atoms with Crippen LogP contribution in [0.5, 0.6) is 0 Å². The molecule has 2 N–H and O–H groups in total. The van der Waals surface area contributed by atoms with Crippen molar-refractivity contribution in [3.8, 4) is 11.3 Å². The number of hydrogen-bond donors (Lipinski definition) is 1. The van der Waals surface area contributed by atoms with Crippen molar-refractivity contribution in [3.05, 3.63) is 35.9 Å². The van der Waals surface area contributed by atoms with Gasteiger partial charge in [-0.2, -0.15) is 0 Å². The van der Waals surface area contributed by atoms with Gasteiger partial charge in [0.25, 0.3) is 0 Å². The number of nitrogen functional groups attached to an aromatic ring is 1. The number of nitrogens with zero attached hydrogens (tertiary/aromatic N) is 1. The minimum Gasteiger partial charge on any atom is -0.368 e. The lowest BCUT2D eigenvalue weighted by molar-refractivity contribution is 0.438. The van der Waals surface area contributed by atoms with Gasteiger partial charge in [0, 0.05) is 11.6 Å². The maximum atomic E-state index is 5.57. The summed E-state index contributed by atoms with van der Waals surface area (Å²) in [5, 5.41) is 3.97. The van der Waals surface area contributed by atoms with E-state index in [0.29, 0.717) is 11.8 Å². The predicted molar refractivity (Wildman–Crippen MR) is 72.2 cm³/mol. The first-order valence-corrected chi connectivity index (χ1v) is 6.65. The molecule has 0 saturated heterocycles. The van der Waals surface area contributed by atoms with Gasteiger partial charge in [0.05, 0.1) is 0 Å². The number of nitrogens with two attached hydrogens (primary N) is 1. The molecule has 1 aromatic carbocycles. The molecule has 18 heavy (non-hydrogen) atoms. The molecule has 0 atom stereocenters. The fourth-order valence-corrected chi connectivity index (χ4v) is 2.81. The van der Waals surface area contributed by atoms with Crippen molar-refractivity contribution in [1.82, 2.24) is 5.16 Å². The van der Waals surface area contributed by atoms with Crippen LogP contribution in [0.4, 0.5) is 5.88 Å². The van der Waals surface area contributed by atoms with Crippen LogP contribution in [-0.2, 0) is 0 Å². The van der Waals surface area contributed by atoms with Crippen molar-refractivity contribution in [2.45, 2.75) is 38.0 Å². The highest BCUT2D eigenvalue weighted by molar-refractivity contribution is 5.62. The van der Waals surface area contributed by atoms with E-state index < -0.39 is 0 Å². The van der Waals surface area contributed by atoms with Gasteiger partial charge in [-0.1, -0.05) is 42.6 Å². The third kappa shape index (κ3) is 2.26. The maximum Gasteiger partial charge on any atom is 0.222 e. The Morgan fingerprint density at radius 2 is 1.94 bits per heavy atom. The van der Waals surface area contributed by atoms with Crippen LogP contribution in [-0.4, -0.2) is 5.16 Å². The molecule has 3 nitrogen and oxygen atoms in total. The van der Waals surface area contributed by atoms with Gasteiger partial charge in [0.1, 0.15) is 5.69 Å². The Morgan fingerprint density at radius 3 is 2.67 bits per heavy atom. The van der Waals surface area contributed by atoms with Crippen LogP contribution in [0.1, 0.15) is 43.6 Å². The van der Waals surface area contributed by atoms with Crippen molar-refractivity contribution in [1.29, 1.82) is 0 Å². The van der Waals surface area contributed by atoms with Gasteiger partial charge in [-0.15, -0.1) is 0 Å². The molecular formula is C15H18N2O. The van der Waals surface area contributed by atoms with Crippen LogP contribution in [0.15, 0.2) is 34.9 Å². The van der Waals surface area contributed by atoms with Gasteiger partial charge in [0.15, 0.2) is 0 Å². The van der Waals surface area contributed by atoms with Crippen LogP contribution in [0.25, 0.3) is 11.3 Å². The molecule has 1 aliphatic carbocycles. The number of anilines is 1. The van der Waals surface area contributed by atoms with Crippen molar-refractivity contribution in [2.75, 3.05) is 5.73 Å². The second-order valence-electron chi connectivity index (χ2n) is 5.07. The van der Waals surface area contributed by atoms with E-state index in [1.165, 1.54) is 37.7 Å². The van der Waals surface area contributed by atoms with Gasteiger partial charge in [-0.25, -0.2) is 0 Å². The Kier molecular flexibility index (Phi) is 3.05. The van der Waals surface area contributed by atoms with Crippen molar-refractivity contribution in [2.24, 2.45) is 0 Å². The third-order valence-electron chi connectivity index (χ3n) is 3.79. The molecule has 1 aliphatic rings. The van der Waals surface area contributed by atoms with Crippen molar-refractivity contribution >= 4 is 5.88 Å².